The molecular formula is C12H16I2O3. The predicted octanol–water partition coefficient (Wildman–Crippen LogP) is 3.89. The molecule has 1 rings (SSSR count). The van der Waals surface area contributed by atoms with E-state index >= 15 is 0 Å². The summed E-state index contributed by atoms with van der Waals surface area (Å²) < 4.78 is 4.57. The summed E-state index contributed by atoms with van der Waals surface area (Å²) >= 11 is 4.24. The minimum atomic E-state index is -0.210. The maximum Gasteiger partial charge on any atom is 0.305 e. The zero-order valence-electron chi connectivity index (χ0n) is 10.1. The third kappa shape index (κ3) is 5.89. The van der Waals surface area contributed by atoms with Gasteiger partial charge in [-0.05, 0) is 37.0 Å². The summed E-state index contributed by atoms with van der Waals surface area (Å²) in [5.41, 5.74) is 2.73. The van der Waals surface area contributed by atoms with Crippen LogP contribution in [0.5, 0.6) is 5.75 Å². The van der Waals surface area contributed by atoms with Crippen molar-refractivity contribution < 1.29 is 14.6 Å². The minimum absolute atomic E-state index is 0.210. The molecule has 0 heterocycles. The first kappa shape index (κ1) is 16.9. The lowest BCUT2D eigenvalue weighted by atomic mass is 10.0. The molecule has 0 unspecified atom stereocenters. The Labute approximate surface area is 125 Å². The lowest BCUT2D eigenvalue weighted by Gasteiger charge is -2.07. The molecule has 96 valence electrons. The van der Waals surface area contributed by atoms with Crippen molar-refractivity contribution in [1.29, 1.82) is 0 Å². The number of esters is 1. The topological polar surface area (TPSA) is 46.5 Å². The number of phenolic OH excluding ortho intramolecular Hbond substituents is 1. The average molecular weight is 462 g/mol. The van der Waals surface area contributed by atoms with Crippen LogP contribution in [-0.4, -0.2) is 18.2 Å². The van der Waals surface area contributed by atoms with Gasteiger partial charge in [0.2, 0.25) is 0 Å². The van der Waals surface area contributed by atoms with Crippen LogP contribution in [0.4, 0.5) is 0 Å². The highest BCUT2D eigenvalue weighted by Gasteiger charge is 2.05. The van der Waals surface area contributed by atoms with Gasteiger partial charge in [0.05, 0.1) is 7.11 Å². The number of phenols is 1. The summed E-state index contributed by atoms with van der Waals surface area (Å²) in [6, 6.07) is 3.79. The van der Waals surface area contributed by atoms with Crippen LogP contribution in [0.2, 0.25) is 0 Å². The molecule has 1 aromatic carbocycles. The fourth-order valence-corrected chi connectivity index (χ4v) is 1.54. The van der Waals surface area contributed by atoms with Crippen LogP contribution >= 0.6 is 37.2 Å². The third-order valence-electron chi connectivity index (χ3n) is 2.40. The Kier molecular flexibility index (Phi) is 8.93. The lowest BCUT2D eigenvalue weighted by Crippen LogP contribution is -2.02. The monoisotopic (exact) mass is 462 g/mol. The van der Waals surface area contributed by atoms with Crippen molar-refractivity contribution in [3.8, 4) is 5.75 Å². The molecule has 0 radical (unpaired) electrons. The van der Waals surface area contributed by atoms with Crippen LogP contribution in [0.25, 0.3) is 0 Å². The first-order chi connectivity index (χ1) is 8.04. The molecule has 5 heteroatoms. The Hall–Kier alpha value is -0.0500. The summed E-state index contributed by atoms with van der Waals surface area (Å²) in [6.45, 7) is 3.70. The quantitative estimate of drug-likeness (QED) is 0.548. The van der Waals surface area contributed by atoms with Gasteiger partial charge in [-0.1, -0.05) is 12.1 Å². The lowest BCUT2D eigenvalue weighted by molar-refractivity contribution is -0.140. The van der Waals surface area contributed by atoms with Crippen molar-refractivity contribution in [2.45, 2.75) is 26.7 Å². The van der Waals surface area contributed by atoms with Crippen molar-refractivity contribution in [2.75, 3.05) is 7.11 Å². The molecule has 1 aromatic rings. The fourth-order valence-electron chi connectivity index (χ4n) is 1.54. The maximum atomic E-state index is 11.0. The van der Waals surface area contributed by atoms with Crippen LogP contribution in [0, 0.1) is 13.8 Å². The van der Waals surface area contributed by atoms with E-state index in [0.717, 1.165) is 16.7 Å². The van der Waals surface area contributed by atoms with E-state index in [0.29, 0.717) is 18.6 Å². The second kappa shape index (κ2) is 8.96. The van der Waals surface area contributed by atoms with Gasteiger partial charge in [0.25, 0.3) is 0 Å². The summed E-state index contributed by atoms with van der Waals surface area (Å²) in [4.78, 5) is 11.0. The van der Waals surface area contributed by atoms with Crippen LogP contribution in [-0.2, 0) is 16.0 Å². The van der Waals surface area contributed by atoms with E-state index in [1.54, 1.807) is 0 Å². The Morgan fingerprint density at radius 1 is 1.29 bits per heavy atom. The van der Waals surface area contributed by atoms with Gasteiger partial charge in [-0.2, -0.15) is 0 Å². The minimum Gasteiger partial charge on any atom is -0.507 e. The summed E-state index contributed by atoms with van der Waals surface area (Å²) in [7, 11) is 1.38. The normalized spacial score (nSPS) is 9.24. The van der Waals surface area contributed by atoms with Crippen molar-refractivity contribution in [2.24, 2.45) is 0 Å². The highest BCUT2D eigenvalue weighted by Crippen LogP contribution is 2.23. The number of methoxy groups -OCH3 is 1. The molecule has 0 saturated heterocycles. The van der Waals surface area contributed by atoms with E-state index in [1.807, 2.05) is 26.0 Å². The van der Waals surface area contributed by atoms with Crippen LogP contribution in [0.1, 0.15) is 23.1 Å². The number of carbonyl (C=O) groups is 1. The molecule has 3 nitrogen and oxygen atoms in total. The van der Waals surface area contributed by atoms with Crippen LogP contribution in [0.15, 0.2) is 12.1 Å². The van der Waals surface area contributed by atoms with Crippen molar-refractivity contribution in [3.63, 3.8) is 0 Å². The van der Waals surface area contributed by atoms with Crippen LogP contribution in [0.3, 0.4) is 0 Å². The molecule has 0 aromatic heterocycles. The van der Waals surface area contributed by atoms with Gasteiger partial charge in [-0.25, -0.2) is 0 Å². The number of carbonyl (C=O) groups excluding carboxylic acids is 1. The summed E-state index contributed by atoms with van der Waals surface area (Å²) in [6.07, 6.45) is 1.02. The van der Waals surface area contributed by atoms with Gasteiger partial charge < -0.3 is 9.84 Å². The van der Waals surface area contributed by atoms with Gasteiger partial charge in [-0.3, -0.25) is 4.79 Å². The molecule has 17 heavy (non-hydrogen) atoms. The average Bonchev–Trinajstić information content (AvgIpc) is 2.35. The van der Waals surface area contributed by atoms with E-state index in [2.05, 4.69) is 42.0 Å². The molecule has 0 fully saturated rings. The first-order valence-corrected chi connectivity index (χ1v) is 11.3. The highest BCUT2D eigenvalue weighted by atomic mass is 128. The Morgan fingerprint density at radius 3 is 2.18 bits per heavy atom. The Balaban J connectivity index is 0.00000121. The van der Waals surface area contributed by atoms with E-state index < -0.39 is 0 Å². The summed E-state index contributed by atoms with van der Waals surface area (Å²) in [5.74, 6) is 0.121. The molecular weight excluding hydrogens is 446 g/mol. The smallest absolute Gasteiger partial charge is 0.305 e. The number of aromatic hydroxyl groups is 1. The van der Waals surface area contributed by atoms with E-state index in [4.69, 9.17) is 0 Å². The number of hydrogen-bond donors (Lipinski definition) is 1. The molecule has 0 spiro atoms. The Bertz CT molecular complexity index is 355. The number of hydrogen-bond acceptors (Lipinski definition) is 3. The summed E-state index contributed by atoms with van der Waals surface area (Å²) in [5, 5.41) is 9.56. The van der Waals surface area contributed by atoms with Crippen molar-refractivity contribution >= 4 is 43.2 Å². The Morgan fingerprint density at radius 2 is 1.76 bits per heavy atom. The van der Waals surface area contributed by atoms with Crippen molar-refractivity contribution in [3.05, 3.63) is 28.8 Å². The zero-order chi connectivity index (χ0) is 13.4. The number of ether oxygens (including phenoxy) is 1. The van der Waals surface area contributed by atoms with E-state index in [-0.39, 0.29) is 5.97 Å². The number of benzene rings is 1. The van der Waals surface area contributed by atoms with Crippen LogP contribution < -0.4 is 0 Å². The van der Waals surface area contributed by atoms with Gasteiger partial charge in [-0.15, -0.1) is 0 Å². The molecule has 0 aliphatic carbocycles. The number of aryl methyl sites for hydroxylation is 3. The number of rotatable bonds is 3. The molecule has 0 saturated carbocycles. The second-order valence-electron chi connectivity index (χ2n) is 3.65. The van der Waals surface area contributed by atoms with Crippen molar-refractivity contribution in [1.82, 2.24) is 0 Å². The molecule has 0 aliphatic heterocycles. The standard InChI is InChI=1S/C12H16O3.I2/c1-8-6-10(4-5-11(13)15-3)7-9(2)12(8)14;1-2/h6-7,14H,4-5H2,1-3H3;. The van der Waals surface area contributed by atoms with E-state index in [9.17, 15) is 9.90 Å². The maximum absolute atomic E-state index is 11.0. The molecule has 0 aliphatic rings. The van der Waals surface area contributed by atoms with Gasteiger partial charge in [0.1, 0.15) is 5.75 Å². The van der Waals surface area contributed by atoms with Gasteiger partial charge >= 0.3 is 5.97 Å². The molecule has 0 bridgehead atoms. The third-order valence-corrected chi connectivity index (χ3v) is 2.40. The largest absolute Gasteiger partial charge is 0.507 e. The molecule has 0 atom stereocenters. The number of halogens is 2. The SMILES string of the molecule is COC(=O)CCc1cc(C)c(O)c(C)c1.II. The zero-order valence-corrected chi connectivity index (χ0v) is 14.4. The first-order valence-electron chi connectivity index (χ1n) is 5.04. The van der Waals surface area contributed by atoms with Gasteiger partial charge in [0.15, 0.2) is 0 Å². The molecule has 0 amide bonds. The second-order valence-corrected chi connectivity index (χ2v) is 3.65. The van der Waals surface area contributed by atoms with Gasteiger partial charge in [0, 0.05) is 43.7 Å². The predicted molar refractivity (Wildman–Crippen MR) is 86.0 cm³/mol. The highest BCUT2D eigenvalue weighted by molar-refractivity contribution is 15.0. The fraction of sp³-hybridized carbons (Fsp3) is 0.417. The van der Waals surface area contributed by atoms with E-state index in [1.165, 1.54) is 7.11 Å². The molecule has 1 N–H and O–H groups in total.